The molecule has 0 spiro atoms. The van der Waals surface area contributed by atoms with E-state index in [9.17, 15) is 74.7 Å². The van der Waals surface area contributed by atoms with Gasteiger partial charge in [-0.3, -0.25) is 27.8 Å². The van der Waals surface area contributed by atoms with E-state index < -0.39 is 90.6 Å². The number of imide groups is 1. The third kappa shape index (κ3) is 13.8. The molecule has 464 valence electrons. The first-order chi connectivity index (χ1) is 40.6. The third-order valence-corrected chi connectivity index (χ3v) is 22.5. The third-order valence-electron chi connectivity index (χ3n) is 16.0. The lowest BCUT2D eigenvalue weighted by Gasteiger charge is -2.27. The monoisotopic (exact) mass is 1310 g/mol. The maximum atomic E-state index is 14.4. The number of hydroxylamine groups is 2. The summed E-state index contributed by atoms with van der Waals surface area (Å²) < 4.78 is 169. The van der Waals surface area contributed by atoms with Crippen molar-refractivity contribution >= 4 is 119 Å². The Morgan fingerprint density at radius 1 is 0.667 bits per heavy atom. The predicted octanol–water partition coefficient (Wildman–Crippen LogP) is 8.82. The summed E-state index contributed by atoms with van der Waals surface area (Å²) >= 11 is 1.34. The zero-order valence-electron chi connectivity index (χ0n) is 48.0. The Kier molecular flexibility index (Phi) is 18.3. The summed E-state index contributed by atoms with van der Waals surface area (Å²) in [6.07, 6.45) is 9.02. The van der Waals surface area contributed by atoms with Gasteiger partial charge in [0.25, 0.3) is 52.3 Å². The molecule has 0 atom stereocenters. The van der Waals surface area contributed by atoms with Crippen LogP contribution in [0.25, 0.3) is 21.5 Å². The predicted molar refractivity (Wildman–Crippen MR) is 327 cm³/mol. The van der Waals surface area contributed by atoms with Crippen molar-refractivity contribution in [2.24, 2.45) is 0 Å². The second-order valence-corrected chi connectivity index (χ2v) is 31.7. The molecule has 0 saturated carbocycles. The first-order valence-electron chi connectivity index (χ1n) is 27.6. The van der Waals surface area contributed by atoms with Gasteiger partial charge in [0, 0.05) is 101 Å². The van der Waals surface area contributed by atoms with E-state index in [4.69, 9.17) is 4.84 Å². The number of allylic oxidation sites excluding steroid dienone is 7. The summed E-state index contributed by atoms with van der Waals surface area (Å²) in [5.41, 5.74) is 4.00. The number of sulfonamides is 1. The number of benzene rings is 5. The number of thioether (sulfide) groups is 1. The zero-order chi connectivity index (χ0) is 63.4. The van der Waals surface area contributed by atoms with Crippen LogP contribution in [0, 0.1) is 0 Å². The maximum absolute atomic E-state index is 14.4. The molecule has 4 N–H and O–H groups in total. The minimum absolute atomic E-state index is 0.00298. The zero-order valence-corrected chi connectivity index (χ0v) is 52.9. The van der Waals surface area contributed by atoms with Gasteiger partial charge in [-0.15, -0.1) is 5.06 Å². The van der Waals surface area contributed by atoms with E-state index in [1.807, 2.05) is 61.5 Å². The van der Waals surface area contributed by atoms with Gasteiger partial charge in [0.15, 0.2) is 5.71 Å². The Labute approximate surface area is 510 Å². The Morgan fingerprint density at radius 2 is 1.28 bits per heavy atom. The van der Waals surface area contributed by atoms with Crippen molar-refractivity contribution in [3.05, 3.63) is 142 Å². The number of anilines is 1. The van der Waals surface area contributed by atoms with Gasteiger partial charge in [-0.05, 0) is 128 Å². The van der Waals surface area contributed by atoms with Crippen molar-refractivity contribution in [1.29, 1.82) is 0 Å². The quantitative estimate of drug-likeness (QED) is 0.0285. The number of fused-ring (bicyclic) bond motifs is 6. The fraction of sp³-hybridized carbons (Fsp3) is 0.356. The first kappa shape index (κ1) is 65.0. The van der Waals surface area contributed by atoms with Crippen LogP contribution >= 0.6 is 11.8 Å². The van der Waals surface area contributed by atoms with Crippen LogP contribution in [0.5, 0.6) is 0 Å². The summed E-state index contributed by atoms with van der Waals surface area (Å²) in [7, 11) is -20.8. The molecular formula is C59H65N4O18S6+. The van der Waals surface area contributed by atoms with E-state index in [0.29, 0.717) is 73.7 Å². The molecule has 0 unspecified atom stereocenters. The normalized spacial score (nSPS) is 18.4. The lowest BCUT2D eigenvalue weighted by molar-refractivity contribution is -0.437. The molecule has 22 nitrogen and oxygen atoms in total. The molecule has 3 heterocycles. The summed E-state index contributed by atoms with van der Waals surface area (Å²) in [6.45, 7) is 7.90. The van der Waals surface area contributed by atoms with Gasteiger partial charge in [-0.25, -0.2) is 17.5 Å². The van der Waals surface area contributed by atoms with Gasteiger partial charge in [-0.1, -0.05) is 68.1 Å². The van der Waals surface area contributed by atoms with E-state index in [1.165, 1.54) is 49.1 Å². The molecule has 0 bridgehead atoms. The molecule has 9 rings (SSSR count). The summed E-state index contributed by atoms with van der Waals surface area (Å²) in [5, 5.41) is 2.20. The number of nitrogens with zero attached hydrogens (tertiary/aromatic N) is 4. The van der Waals surface area contributed by atoms with Crippen molar-refractivity contribution < 1.29 is 84.1 Å². The highest BCUT2D eigenvalue weighted by atomic mass is 32.2. The maximum Gasteiger partial charge on any atom is 0.333 e. The second kappa shape index (κ2) is 24.5. The molecule has 0 radical (unpaired) electrons. The van der Waals surface area contributed by atoms with Crippen LogP contribution in [0.4, 0.5) is 11.4 Å². The molecule has 5 aromatic rings. The Balaban J connectivity index is 1.13. The fourth-order valence-electron chi connectivity index (χ4n) is 12.0. The van der Waals surface area contributed by atoms with Gasteiger partial charge in [0.1, 0.15) is 11.4 Å². The molecule has 5 aromatic carbocycles. The van der Waals surface area contributed by atoms with Crippen molar-refractivity contribution in [1.82, 2.24) is 9.37 Å². The van der Waals surface area contributed by atoms with Crippen LogP contribution in [-0.2, 0) is 80.5 Å². The van der Waals surface area contributed by atoms with Crippen LogP contribution in [0.15, 0.2) is 151 Å². The van der Waals surface area contributed by atoms with Crippen molar-refractivity contribution in [2.45, 2.75) is 116 Å². The van der Waals surface area contributed by atoms with Crippen molar-refractivity contribution in [3.8, 4) is 0 Å². The molecule has 87 heavy (non-hydrogen) atoms. The molecule has 1 aliphatic carbocycles. The molecule has 1 fully saturated rings. The molecule has 0 aromatic heterocycles. The summed E-state index contributed by atoms with van der Waals surface area (Å²) in [6, 6.07) is 21.9. The van der Waals surface area contributed by atoms with Crippen LogP contribution in [0.3, 0.4) is 0 Å². The minimum atomic E-state index is -4.65. The highest BCUT2D eigenvalue weighted by Crippen LogP contribution is 2.53. The lowest BCUT2D eigenvalue weighted by Crippen LogP contribution is -2.32. The minimum Gasteiger partial charge on any atom is -0.344 e. The molecular weight excluding hydrogens is 1250 g/mol. The average molecular weight is 1310 g/mol. The van der Waals surface area contributed by atoms with Crippen molar-refractivity contribution in [3.63, 3.8) is 0 Å². The molecule has 1 saturated heterocycles. The van der Waals surface area contributed by atoms with Crippen LogP contribution < -0.4 is 4.90 Å². The van der Waals surface area contributed by atoms with Gasteiger partial charge < -0.3 is 9.74 Å². The number of rotatable bonds is 22. The van der Waals surface area contributed by atoms with E-state index >= 15 is 0 Å². The Hall–Kier alpha value is -6.44. The second-order valence-electron chi connectivity index (χ2n) is 22.6. The van der Waals surface area contributed by atoms with E-state index in [1.54, 1.807) is 54.6 Å². The summed E-state index contributed by atoms with van der Waals surface area (Å²) in [5.74, 6) is -3.25. The smallest absolute Gasteiger partial charge is 0.333 e. The Bertz CT molecular complexity index is 4440. The van der Waals surface area contributed by atoms with Gasteiger partial charge in [0.2, 0.25) is 15.7 Å². The van der Waals surface area contributed by atoms with Gasteiger partial charge >= 0.3 is 5.97 Å². The van der Waals surface area contributed by atoms with Gasteiger partial charge in [-0.2, -0.15) is 38.2 Å². The van der Waals surface area contributed by atoms with E-state index in [2.05, 4.69) is 0 Å². The lowest BCUT2D eigenvalue weighted by atomic mass is 9.78. The number of amides is 2. The number of hydrogen-bond acceptors (Lipinski definition) is 16. The highest BCUT2D eigenvalue weighted by molar-refractivity contribution is 8.03. The number of carbonyl (C=O) groups excluding carboxylic acids is 3. The highest BCUT2D eigenvalue weighted by Gasteiger charge is 2.47. The van der Waals surface area contributed by atoms with Crippen LogP contribution in [0.2, 0.25) is 0 Å². The Morgan fingerprint density at radius 3 is 1.91 bits per heavy atom. The standard InChI is InChI=1S/C59H64N4O18S6/c1-58(2)50(61(34-10-36-83(67,68)69)46-27-25-42-44(55(46)58)14-7-16-48(42)85(73,74)60(5)33-9-18-54(66)81-63-52(64)31-32-53(63)65)29-19-38-12-6-13-39(57(38)82-40-21-23-41(24-22-40)86(75,76)77)20-30-51-59(3,4)56-45-15-8-17-49(87(78,79)80)43(45)26-28-47(56)62(51)35-11-37-84(70,71)72/h7-8,14-17,19-30H,6,9-13,18,31-37H2,1-5H3,(H3-,67,68,69,70,71,72,75,76,77,78,79,80)/p+1. The molecule has 4 aliphatic rings. The molecule has 28 heteroatoms. The summed E-state index contributed by atoms with van der Waals surface area (Å²) in [4.78, 5) is 44.1. The van der Waals surface area contributed by atoms with Crippen molar-refractivity contribution in [2.75, 3.05) is 43.1 Å². The molecule has 2 amide bonds. The largest absolute Gasteiger partial charge is 0.344 e. The fourth-order valence-corrected chi connectivity index (χ4v) is 16.7. The van der Waals surface area contributed by atoms with E-state index in [0.717, 1.165) is 25.9 Å². The van der Waals surface area contributed by atoms with E-state index in [-0.39, 0.29) is 78.2 Å². The van der Waals surface area contributed by atoms with Gasteiger partial charge in [0.05, 0.1) is 26.7 Å². The number of hydrogen-bond donors (Lipinski definition) is 4. The average Bonchev–Trinajstić information content (AvgIpc) is 1.62. The number of carbonyl (C=O) groups is 3. The molecule has 3 aliphatic heterocycles. The van der Waals surface area contributed by atoms with Crippen LogP contribution in [-0.4, -0.2) is 136 Å². The van der Waals surface area contributed by atoms with Crippen LogP contribution in [0.1, 0.15) is 96.6 Å². The first-order valence-corrected chi connectivity index (χ1v) is 36.0. The SMILES string of the molecule is CN(CCCC(=O)ON1C(=O)CCC1=O)S(=O)(=O)c1cccc2c3c(ccc12)N(CCCS(=O)(=O)O)/C(=C/C=C1\CCCC(/C=C/C2=[N+](CCCS(=O)(=O)O)c4ccc5c(S(=O)(=O)O)cccc5c4C2(C)C)=C1Sc1ccc(S(=O)(=O)O)cc1)C3(C)C. The topological polar surface area (TPSA) is 325 Å².